The monoisotopic (exact) mass is 276 g/mol. The molecule has 2 aromatic heterocycles. The Morgan fingerprint density at radius 2 is 2.11 bits per heavy atom. The Morgan fingerprint density at radius 3 is 2.74 bits per heavy atom. The van der Waals surface area contributed by atoms with Crippen LogP contribution in [0.3, 0.4) is 0 Å². The largest absolute Gasteiger partial charge is 0.461 e. The molecule has 0 radical (unpaired) electrons. The van der Waals surface area contributed by atoms with E-state index in [0.717, 1.165) is 26.7 Å². The summed E-state index contributed by atoms with van der Waals surface area (Å²) in [6, 6.07) is 2.06. The van der Waals surface area contributed by atoms with Crippen molar-refractivity contribution >= 4 is 17.3 Å². The van der Waals surface area contributed by atoms with Gasteiger partial charge >= 0.3 is 5.97 Å². The Bertz CT molecular complexity index is 620. The molecule has 19 heavy (non-hydrogen) atoms. The standard InChI is InChI=1S/C14H16N2O2S/c1-5-18-14(17)12-10(4)19-13(16-12)11-9(3)6-8(2)7-15-11/h6-7H,5H2,1-4H3. The number of rotatable bonds is 3. The van der Waals surface area contributed by atoms with E-state index in [1.165, 1.54) is 11.3 Å². The van der Waals surface area contributed by atoms with Crippen molar-refractivity contribution in [2.45, 2.75) is 27.7 Å². The molecule has 0 saturated heterocycles. The molecule has 2 rings (SSSR count). The molecule has 0 aromatic carbocycles. The predicted molar refractivity (Wildman–Crippen MR) is 75.5 cm³/mol. The predicted octanol–water partition coefficient (Wildman–Crippen LogP) is 3.31. The van der Waals surface area contributed by atoms with Crippen LogP contribution in [0.5, 0.6) is 0 Å². The van der Waals surface area contributed by atoms with Crippen molar-refractivity contribution < 1.29 is 9.53 Å². The molecule has 0 amide bonds. The molecule has 0 fully saturated rings. The first-order chi connectivity index (χ1) is 9.02. The van der Waals surface area contributed by atoms with Crippen molar-refractivity contribution in [3.05, 3.63) is 34.0 Å². The van der Waals surface area contributed by atoms with Gasteiger partial charge in [-0.2, -0.15) is 0 Å². The van der Waals surface area contributed by atoms with Gasteiger partial charge in [0.25, 0.3) is 0 Å². The second-order valence-corrected chi connectivity index (χ2v) is 5.53. The molecular formula is C14H16N2O2S. The van der Waals surface area contributed by atoms with Crippen LogP contribution in [-0.2, 0) is 4.74 Å². The van der Waals surface area contributed by atoms with E-state index in [2.05, 4.69) is 16.0 Å². The molecule has 0 atom stereocenters. The summed E-state index contributed by atoms with van der Waals surface area (Å²) in [5, 5.41) is 0.762. The Hall–Kier alpha value is -1.75. The first-order valence-corrected chi connectivity index (χ1v) is 6.92. The molecule has 0 aliphatic carbocycles. The summed E-state index contributed by atoms with van der Waals surface area (Å²) in [5.41, 5.74) is 3.39. The molecule has 0 N–H and O–H groups in total. The molecule has 0 aliphatic rings. The Balaban J connectivity index is 2.42. The second kappa shape index (κ2) is 5.48. The zero-order valence-corrected chi connectivity index (χ0v) is 12.3. The SMILES string of the molecule is CCOC(=O)c1nc(-c2ncc(C)cc2C)sc1C. The summed E-state index contributed by atoms with van der Waals surface area (Å²) in [5.74, 6) is -0.368. The molecule has 0 saturated carbocycles. The highest BCUT2D eigenvalue weighted by Crippen LogP contribution is 2.29. The van der Waals surface area contributed by atoms with Gasteiger partial charge in [-0.05, 0) is 38.8 Å². The van der Waals surface area contributed by atoms with Crippen molar-refractivity contribution in [2.75, 3.05) is 6.61 Å². The Labute approximate surface area is 116 Å². The number of esters is 1. The number of aromatic nitrogens is 2. The number of carbonyl (C=O) groups is 1. The lowest BCUT2D eigenvalue weighted by Gasteiger charge is -2.01. The molecule has 0 spiro atoms. The number of nitrogens with zero attached hydrogens (tertiary/aromatic N) is 2. The zero-order chi connectivity index (χ0) is 14.0. The molecular weight excluding hydrogens is 260 g/mol. The third-order valence-electron chi connectivity index (χ3n) is 2.68. The minimum atomic E-state index is -0.368. The maximum absolute atomic E-state index is 11.8. The summed E-state index contributed by atoms with van der Waals surface area (Å²) in [6.45, 7) is 8.01. The molecule has 2 heterocycles. The fourth-order valence-electron chi connectivity index (χ4n) is 1.83. The van der Waals surface area contributed by atoms with E-state index in [0.29, 0.717) is 12.3 Å². The summed E-state index contributed by atoms with van der Waals surface area (Å²) >= 11 is 1.47. The topological polar surface area (TPSA) is 52.1 Å². The van der Waals surface area contributed by atoms with Crippen LogP contribution in [-0.4, -0.2) is 22.5 Å². The summed E-state index contributed by atoms with van der Waals surface area (Å²) in [4.78, 5) is 21.4. The van der Waals surface area contributed by atoms with E-state index in [9.17, 15) is 4.79 Å². The molecule has 100 valence electrons. The van der Waals surface area contributed by atoms with Crippen molar-refractivity contribution in [1.29, 1.82) is 0 Å². The van der Waals surface area contributed by atoms with Gasteiger partial charge in [-0.15, -0.1) is 11.3 Å². The third-order valence-corrected chi connectivity index (χ3v) is 3.66. The lowest BCUT2D eigenvalue weighted by atomic mass is 10.2. The molecule has 4 nitrogen and oxygen atoms in total. The van der Waals surface area contributed by atoms with Crippen molar-refractivity contribution in [2.24, 2.45) is 0 Å². The van der Waals surface area contributed by atoms with Gasteiger partial charge in [0.05, 0.1) is 6.61 Å². The van der Waals surface area contributed by atoms with Crippen LogP contribution in [0.1, 0.15) is 33.4 Å². The number of hydrogen-bond acceptors (Lipinski definition) is 5. The first-order valence-electron chi connectivity index (χ1n) is 6.11. The number of thiazole rings is 1. The van der Waals surface area contributed by atoms with E-state index in [-0.39, 0.29) is 5.97 Å². The van der Waals surface area contributed by atoms with Crippen LogP contribution < -0.4 is 0 Å². The fourth-order valence-corrected chi connectivity index (χ4v) is 2.79. The third kappa shape index (κ3) is 2.81. The second-order valence-electron chi connectivity index (χ2n) is 4.32. The average Bonchev–Trinajstić information content (AvgIpc) is 2.71. The van der Waals surface area contributed by atoms with Crippen LogP contribution in [0.25, 0.3) is 10.7 Å². The fraction of sp³-hybridized carbons (Fsp3) is 0.357. The van der Waals surface area contributed by atoms with Gasteiger partial charge in [-0.3, -0.25) is 4.98 Å². The van der Waals surface area contributed by atoms with Gasteiger partial charge < -0.3 is 4.74 Å². The van der Waals surface area contributed by atoms with Crippen LogP contribution in [0.4, 0.5) is 0 Å². The van der Waals surface area contributed by atoms with E-state index in [1.54, 1.807) is 6.92 Å². The lowest BCUT2D eigenvalue weighted by molar-refractivity contribution is 0.0519. The van der Waals surface area contributed by atoms with Crippen molar-refractivity contribution in [3.63, 3.8) is 0 Å². The number of ether oxygens (including phenoxy) is 1. The lowest BCUT2D eigenvalue weighted by Crippen LogP contribution is -2.06. The van der Waals surface area contributed by atoms with Gasteiger partial charge in [0, 0.05) is 11.1 Å². The molecule has 0 aliphatic heterocycles. The quantitative estimate of drug-likeness (QED) is 0.807. The summed E-state index contributed by atoms with van der Waals surface area (Å²) in [6.07, 6.45) is 1.81. The smallest absolute Gasteiger partial charge is 0.358 e. The molecule has 0 unspecified atom stereocenters. The average molecular weight is 276 g/mol. The molecule has 2 aromatic rings. The highest BCUT2D eigenvalue weighted by molar-refractivity contribution is 7.15. The number of pyridine rings is 1. The highest BCUT2D eigenvalue weighted by atomic mass is 32.1. The van der Waals surface area contributed by atoms with E-state index in [1.807, 2.05) is 27.0 Å². The Morgan fingerprint density at radius 1 is 1.37 bits per heavy atom. The van der Waals surface area contributed by atoms with E-state index >= 15 is 0 Å². The van der Waals surface area contributed by atoms with Crippen LogP contribution in [0.2, 0.25) is 0 Å². The van der Waals surface area contributed by atoms with Crippen molar-refractivity contribution in [3.8, 4) is 10.7 Å². The molecule has 5 heteroatoms. The van der Waals surface area contributed by atoms with E-state index < -0.39 is 0 Å². The molecule has 0 bridgehead atoms. The van der Waals surface area contributed by atoms with Gasteiger partial charge in [-0.1, -0.05) is 6.07 Å². The van der Waals surface area contributed by atoms with E-state index in [4.69, 9.17) is 4.74 Å². The van der Waals surface area contributed by atoms with Gasteiger partial charge in [0.2, 0.25) is 0 Å². The van der Waals surface area contributed by atoms with Gasteiger partial charge in [0.1, 0.15) is 10.7 Å². The highest BCUT2D eigenvalue weighted by Gasteiger charge is 2.18. The Kier molecular flexibility index (Phi) is 3.95. The van der Waals surface area contributed by atoms with Crippen LogP contribution >= 0.6 is 11.3 Å². The normalized spacial score (nSPS) is 10.5. The first kappa shape index (κ1) is 13.7. The minimum Gasteiger partial charge on any atom is -0.461 e. The van der Waals surface area contributed by atoms with Crippen LogP contribution in [0.15, 0.2) is 12.3 Å². The van der Waals surface area contributed by atoms with Crippen molar-refractivity contribution in [1.82, 2.24) is 9.97 Å². The van der Waals surface area contributed by atoms with Gasteiger partial charge in [-0.25, -0.2) is 9.78 Å². The number of hydrogen-bond donors (Lipinski definition) is 0. The number of aryl methyl sites for hydroxylation is 3. The number of carbonyl (C=O) groups excluding carboxylic acids is 1. The zero-order valence-electron chi connectivity index (χ0n) is 11.5. The summed E-state index contributed by atoms with van der Waals surface area (Å²) in [7, 11) is 0. The van der Waals surface area contributed by atoms with Crippen LogP contribution in [0, 0.1) is 20.8 Å². The maximum atomic E-state index is 11.8. The maximum Gasteiger partial charge on any atom is 0.358 e. The summed E-state index contributed by atoms with van der Waals surface area (Å²) < 4.78 is 4.99. The minimum absolute atomic E-state index is 0.354. The van der Waals surface area contributed by atoms with Gasteiger partial charge in [0.15, 0.2) is 5.69 Å².